The van der Waals surface area contributed by atoms with E-state index in [0.29, 0.717) is 0 Å². The molecule has 0 aromatic rings. The molecule has 0 spiro atoms. The molecule has 0 saturated heterocycles. The van der Waals surface area contributed by atoms with Gasteiger partial charge in [-0.1, -0.05) is 0 Å². The van der Waals surface area contributed by atoms with Gasteiger partial charge in [0.1, 0.15) is 0 Å². The average Bonchev–Trinajstić information content (AvgIpc) is 2.17. The van der Waals surface area contributed by atoms with Crippen LogP contribution in [0.4, 0.5) is 8.78 Å². The van der Waals surface area contributed by atoms with Crippen LogP contribution >= 0.6 is 0 Å². The molecule has 0 atom stereocenters. The van der Waals surface area contributed by atoms with E-state index in [1.807, 2.05) is 0 Å². The molecule has 1 aliphatic rings. The SMILES string of the molecule is FC(F)=CC1CC1. The number of halogens is 2. The summed E-state index contributed by atoms with van der Waals surface area (Å²) in [7, 11) is 0. The number of allylic oxidation sites excluding steroid dienone is 1. The molecule has 40 valence electrons. The molecule has 0 heterocycles. The van der Waals surface area contributed by atoms with E-state index in [1.54, 1.807) is 0 Å². The van der Waals surface area contributed by atoms with Crippen LogP contribution in [0.3, 0.4) is 0 Å². The summed E-state index contributed by atoms with van der Waals surface area (Å²) in [5.41, 5.74) is 0. The fourth-order valence-corrected chi connectivity index (χ4v) is 0.441. The van der Waals surface area contributed by atoms with Crippen molar-refractivity contribution in [3.8, 4) is 0 Å². The van der Waals surface area contributed by atoms with Crippen molar-refractivity contribution in [3.63, 3.8) is 0 Å². The number of hydrogen-bond donors (Lipinski definition) is 0. The number of hydrogen-bond acceptors (Lipinski definition) is 0. The third-order valence-electron chi connectivity index (χ3n) is 0.984. The Kier molecular flexibility index (Phi) is 1.09. The van der Waals surface area contributed by atoms with Crippen LogP contribution in [0.15, 0.2) is 12.2 Å². The Balaban J connectivity index is 2.29. The van der Waals surface area contributed by atoms with Crippen molar-refractivity contribution in [2.24, 2.45) is 5.92 Å². The molecular weight excluding hydrogens is 98.1 g/mol. The van der Waals surface area contributed by atoms with Gasteiger partial charge in [-0.2, -0.15) is 8.78 Å². The first-order chi connectivity index (χ1) is 3.29. The first-order valence-corrected chi connectivity index (χ1v) is 2.32. The third kappa shape index (κ3) is 1.67. The van der Waals surface area contributed by atoms with Gasteiger partial charge in [0.25, 0.3) is 6.08 Å². The second kappa shape index (κ2) is 1.60. The van der Waals surface area contributed by atoms with E-state index < -0.39 is 6.08 Å². The van der Waals surface area contributed by atoms with Gasteiger partial charge in [-0.3, -0.25) is 0 Å². The standard InChI is InChI=1S/C5H6F2/c6-5(7)3-4-1-2-4/h3-4H,1-2H2. The van der Waals surface area contributed by atoms with Crippen molar-refractivity contribution in [2.75, 3.05) is 0 Å². The highest BCUT2D eigenvalue weighted by atomic mass is 19.3. The Morgan fingerprint density at radius 2 is 2.00 bits per heavy atom. The van der Waals surface area contributed by atoms with Crippen LogP contribution in [0, 0.1) is 5.92 Å². The largest absolute Gasteiger partial charge is 0.266 e. The Morgan fingerprint density at radius 1 is 1.43 bits per heavy atom. The quantitative estimate of drug-likeness (QED) is 0.478. The normalized spacial score (nSPS) is 19.1. The first-order valence-electron chi connectivity index (χ1n) is 2.32. The molecule has 0 aromatic heterocycles. The second-order valence-corrected chi connectivity index (χ2v) is 1.79. The fraction of sp³-hybridized carbons (Fsp3) is 0.600. The Hall–Kier alpha value is -0.400. The molecule has 0 bridgehead atoms. The Labute approximate surface area is 40.8 Å². The maximum Gasteiger partial charge on any atom is 0.266 e. The summed E-state index contributed by atoms with van der Waals surface area (Å²) in [4.78, 5) is 0. The zero-order valence-electron chi connectivity index (χ0n) is 3.82. The van der Waals surface area contributed by atoms with Crippen molar-refractivity contribution in [2.45, 2.75) is 12.8 Å². The zero-order chi connectivity index (χ0) is 5.28. The molecular formula is C5H6F2. The summed E-state index contributed by atoms with van der Waals surface area (Å²) in [5.74, 6) is 0.213. The van der Waals surface area contributed by atoms with Gasteiger partial charge >= 0.3 is 0 Å². The maximum absolute atomic E-state index is 11.2. The molecule has 0 nitrogen and oxygen atoms in total. The maximum atomic E-state index is 11.2. The molecule has 7 heavy (non-hydrogen) atoms. The highest BCUT2D eigenvalue weighted by molar-refractivity contribution is 4.95. The van der Waals surface area contributed by atoms with Gasteiger partial charge in [-0.05, 0) is 24.8 Å². The van der Waals surface area contributed by atoms with Crippen molar-refractivity contribution < 1.29 is 8.78 Å². The van der Waals surface area contributed by atoms with E-state index in [2.05, 4.69) is 0 Å². The molecule has 0 unspecified atom stereocenters. The molecule has 0 amide bonds. The highest BCUT2D eigenvalue weighted by Crippen LogP contribution is 2.31. The lowest BCUT2D eigenvalue weighted by molar-refractivity contribution is 0.416. The Bertz CT molecular complexity index is 88.3. The molecule has 0 aromatic carbocycles. The summed E-state index contributed by atoms with van der Waals surface area (Å²) >= 11 is 0. The zero-order valence-corrected chi connectivity index (χ0v) is 3.82. The molecule has 0 N–H and O–H groups in total. The molecule has 2 heteroatoms. The van der Waals surface area contributed by atoms with E-state index in [1.165, 1.54) is 0 Å². The third-order valence-corrected chi connectivity index (χ3v) is 0.984. The van der Waals surface area contributed by atoms with Crippen molar-refractivity contribution in [1.82, 2.24) is 0 Å². The van der Waals surface area contributed by atoms with Crippen LogP contribution in [0.2, 0.25) is 0 Å². The molecule has 1 aliphatic carbocycles. The molecule has 0 aliphatic heterocycles. The van der Waals surface area contributed by atoms with Gasteiger partial charge in [0, 0.05) is 0 Å². The molecule has 0 radical (unpaired) electrons. The summed E-state index contributed by atoms with van der Waals surface area (Å²) in [6, 6.07) is 0. The summed E-state index contributed by atoms with van der Waals surface area (Å²) < 4.78 is 22.4. The highest BCUT2D eigenvalue weighted by Gasteiger charge is 2.19. The van der Waals surface area contributed by atoms with E-state index in [4.69, 9.17) is 0 Å². The van der Waals surface area contributed by atoms with Crippen LogP contribution in [0.1, 0.15) is 12.8 Å². The van der Waals surface area contributed by atoms with Crippen molar-refractivity contribution >= 4 is 0 Å². The lowest BCUT2D eigenvalue weighted by Gasteiger charge is -1.73. The minimum Gasteiger partial charge on any atom is -0.174 e. The minimum atomic E-state index is -1.53. The topological polar surface area (TPSA) is 0 Å². The van der Waals surface area contributed by atoms with Crippen LogP contribution in [-0.4, -0.2) is 0 Å². The lowest BCUT2D eigenvalue weighted by Crippen LogP contribution is -1.61. The van der Waals surface area contributed by atoms with Crippen LogP contribution < -0.4 is 0 Å². The smallest absolute Gasteiger partial charge is 0.174 e. The van der Waals surface area contributed by atoms with Crippen molar-refractivity contribution in [1.29, 1.82) is 0 Å². The minimum absolute atomic E-state index is 0.213. The molecule has 1 rings (SSSR count). The summed E-state index contributed by atoms with van der Waals surface area (Å²) in [5, 5.41) is 0. The van der Waals surface area contributed by atoms with E-state index in [-0.39, 0.29) is 5.92 Å². The molecule has 1 saturated carbocycles. The van der Waals surface area contributed by atoms with Crippen LogP contribution in [0.5, 0.6) is 0 Å². The van der Waals surface area contributed by atoms with E-state index >= 15 is 0 Å². The van der Waals surface area contributed by atoms with Gasteiger partial charge in [0.2, 0.25) is 0 Å². The summed E-state index contributed by atoms with van der Waals surface area (Å²) in [6.45, 7) is 0. The van der Waals surface area contributed by atoms with Gasteiger partial charge < -0.3 is 0 Å². The van der Waals surface area contributed by atoms with Gasteiger partial charge in [-0.15, -0.1) is 0 Å². The van der Waals surface area contributed by atoms with Crippen LogP contribution in [-0.2, 0) is 0 Å². The van der Waals surface area contributed by atoms with Gasteiger partial charge in [-0.25, -0.2) is 0 Å². The number of rotatable bonds is 1. The van der Waals surface area contributed by atoms with Gasteiger partial charge in [0.15, 0.2) is 0 Å². The van der Waals surface area contributed by atoms with Crippen LogP contribution in [0.25, 0.3) is 0 Å². The van der Waals surface area contributed by atoms with E-state index in [0.717, 1.165) is 18.9 Å². The van der Waals surface area contributed by atoms with Crippen molar-refractivity contribution in [3.05, 3.63) is 12.2 Å². The monoisotopic (exact) mass is 104 g/mol. The summed E-state index contributed by atoms with van der Waals surface area (Å²) in [6.07, 6.45) is 1.41. The second-order valence-electron chi connectivity index (χ2n) is 1.79. The Morgan fingerprint density at radius 3 is 2.14 bits per heavy atom. The van der Waals surface area contributed by atoms with E-state index in [9.17, 15) is 8.78 Å². The first kappa shape index (κ1) is 4.75. The predicted octanol–water partition coefficient (Wildman–Crippen LogP) is 2.18. The lowest BCUT2D eigenvalue weighted by atomic mass is 10.4. The predicted molar refractivity (Wildman–Crippen MR) is 23.0 cm³/mol. The molecule has 1 fully saturated rings. The fourth-order valence-electron chi connectivity index (χ4n) is 0.441. The average molecular weight is 104 g/mol. The van der Waals surface area contributed by atoms with Gasteiger partial charge in [0.05, 0.1) is 0 Å².